The van der Waals surface area contributed by atoms with Gasteiger partial charge >= 0.3 is 0 Å². The van der Waals surface area contributed by atoms with E-state index in [0.717, 1.165) is 30.2 Å². The lowest BCUT2D eigenvalue weighted by atomic mass is 9.91. The van der Waals surface area contributed by atoms with Crippen molar-refractivity contribution in [2.45, 2.75) is 69.4 Å². The second-order valence-electron chi connectivity index (χ2n) is 10.3. The fraction of sp³-hybridized carbons (Fsp3) is 0.577. The highest BCUT2D eigenvalue weighted by molar-refractivity contribution is 7.89. The van der Waals surface area contributed by atoms with Crippen LogP contribution in [0.15, 0.2) is 34.9 Å². The molecule has 4 rings (SSSR count). The summed E-state index contributed by atoms with van der Waals surface area (Å²) < 4.78 is 74.3. The third-order valence-corrected chi connectivity index (χ3v) is 8.02. The predicted octanol–water partition coefficient (Wildman–Crippen LogP) is 4.89. The smallest absolute Gasteiger partial charge is 0.267 e. The van der Waals surface area contributed by atoms with Gasteiger partial charge in [0.25, 0.3) is 5.91 Å². The number of piperidine rings is 1. The first kappa shape index (κ1) is 28.1. The average Bonchev–Trinajstić information content (AvgIpc) is 3.62. The van der Waals surface area contributed by atoms with Crippen LogP contribution < -0.4 is 4.72 Å². The Morgan fingerprint density at radius 2 is 1.97 bits per heavy atom. The molecule has 1 heterocycles. The van der Waals surface area contributed by atoms with E-state index in [4.69, 9.17) is 16.3 Å². The number of sulfonamides is 1. The van der Waals surface area contributed by atoms with Crippen molar-refractivity contribution in [3.63, 3.8) is 0 Å². The monoisotopic (exact) mass is 560 g/mol. The normalized spacial score (nSPS) is 23.2. The number of ether oxygens (including phenoxy) is 1. The lowest BCUT2D eigenvalue weighted by molar-refractivity contribution is -0.0342. The van der Waals surface area contributed by atoms with E-state index in [1.165, 1.54) is 12.1 Å². The van der Waals surface area contributed by atoms with Crippen LogP contribution in [0.1, 0.15) is 66.4 Å². The van der Waals surface area contributed by atoms with Crippen LogP contribution in [-0.2, 0) is 21.4 Å². The molecule has 3 aliphatic rings. The minimum atomic E-state index is -3.83. The quantitative estimate of drug-likeness (QED) is 0.465. The van der Waals surface area contributed by atoms with Gasteiger partial charge in [-0.05, 0) is 79.5 Å². The van der Waals surface area contributed by atoms with E-state index >= 15 is 4.39 Å². The number of allylic oxidation sites excluding steroid dienone is 2. The van der Waals surface area contributed by atoms with Gasteiger partial charge in [0.15, 0.2) is 0 Å². The summed E-state index contributed by atoms with van der Waals surface area (Å²) in [5.41, 5.74) is 0.160. The van der Waals surface area contributed by atoms with Crippen molar-refractivity contribution in [3.05, 3.63) is 57.4 Å². The molecule has 1 saturated heterocycles. The summed E-state index contributed by atoms with van der Waals surface area (Å²) in [5.74, 6) is -1.75. The Morgan fingerprint density at radius 3 is 2.57 bits per heavy atom. The molecule has 0 bridgehead atoms. The summed E-state index contributed by atoms with van der Waals surface area (Å²) in [6, 6.07) is 2.47. The second kappa shape index (κ2) is 11.1. The van der Waals surface area contributed by atoms with Gasteiger partial charge in [-0.1, -0.05) is 11.6 Å². The van der Waals surface area contributed by atoms with Crippen LogP contribution in [0, 0.1) is 5.82 Å². The summed E-state index contributed by atoms with van der Waals surface area (Å²) in [5, 5.41) is 0.480. The van der Waals surface area contributed by atoms with E-state index in [1.54, 1.807) is 16.9 Å². The van der Waals surface area contributed by atoms with Gasteiger partial charge in [-0.15, -0.1) is 0 Å². The van der Waals surface area contributed by atoms with Crippen LogP contribution in [0.5, 0.6) is 0 Å². The predicted molar refractivity (Wildman–Crippen MR) is 136 cm³/mol. The molecule has 6 nitrogen and oxygen atoms in total. The third-order valence-electron chi connectivity index (χ3n) is 7.20. The Kier molecular flexibility index (Phi) is 8.43. The number of hydrogen-bond donors (Lipinski definition) is 1. The number of nitrogens with zero attached hydrogens (tertiary/aromatic N) is 1. The molecular formula is C26H32ClF3N2O4S. The molecule has 1 aliphatic heterocycles. The minimum Gasteiger partial charge on any atom is -0.373 e. The van der Waals surface area contributed by atoms with E-state index in [0.29, 0.717) is 23.7 Å². The molecule has 37 heavy (non-hydrogen) atoms. The van der Waals surface area contributed by atoms with Gasteiger partial charge in [-0.2, -0.15) is 0 Å². The number of amides is 1. The van der Waals surface area contributed by atoms with Crippen molar-refractivity contribution in [2.24, 2.45) is 0 Å². The van der Waals surface area contributed by atoms with Crippen molar-refractivity contribution in [1.29, 1.82) is 0 Å². The number of hydrogen-bond acceptors (Lipinski definition) is 5. The average molecular weight is 561 g/mol. The second-order valence-corrected chi connectivity index (χ2v) is 12.6. The zero-order chi connectivity index (χ0) is 27.0. The molecule has 11 heteroatoms. The fourth-order valence-corrected chi connectivity index (χ4v) is 5.66. The number of likely N-dealkylation sites (tertiary alicyclic amines) is 1. The molecule has 1 N–H and O–H groups in total. The van der Waals surface area contributed by atoms with Crippen LogP contribution in [-0.4, -0.2) is 63.1 Å². The van der Waals surface area contributed by atoms with Gasteiger partial charge in [0, 0.05) is 30.6 Å². The van der Waals surface area contributed by atoms with E-state index < -0.39 is 33.6 Å². The zero-order valence-electron chi connectivity index (χ0n) is 20.9. The Bertz CT molecular complexity index is 1210. The summed E-state index contributed by atoms with van der Waals surface area (Å²) in [4.78, 5) is 14.3. The number of rotatable bonds is 9. The first-order valence-corrected chi connectivity index (χ1v) is 14.7. The fourth-order valence-electron chi connectivity index (χ4n) is 4.94. The van der Waals surface area contributed by atoms with Crippen LogP contribution in [0.4, 0.5) is 13.2 Å². The van der Waals surface area contributed by atoms with Gasteiger partial charge in [0.05, 0.1) is 25.0 Å². The molecule has 0 aromatic heterocycles. The van der Waals surface area contributed by atoms with Crippen molar-refractivity contribution >= 4 is 27.5 Å². The molecule has 1 aromatic carbocycles. The maximum atomic E-state index is 15.5. The maximum absolute atomic E-state index is 15.5. The summed E-state index contributed by atoms with van der Waals surface area (Å²) in [6.45, 7) is 2.74. The highest BCUT2D eigenvalue weighted by Crippen LogP contribution is 2.43. The number of halogens is 4. The molecule has 204 valence electrons. The first-order valence-electron chi connectivity index (χ1n) is 12.4. The van der Waals surface area contributed by atoms with Crippen LogP contribution in [0.25, 0.3) is 0 Å². The molecule has 2 aliphatic carbocycles. The molecule has 0 radical (unpaired) electrons. The van der Waals surface area contributed by atoms with Crippen molar-refractivity contribution in [2.75, 3.05) is 26.0 Å². The number of carbonyl (C=O) groups excluding carboxylic acids is 1. The largest absolute Gasteiger partial charge is 0.373 e. The minimum absolute atomic E-state index is 0.0173. The molecule has 0 spiro atoms. The Morgan fingerprint density at radius 1 is 1.30 bits per heavy atom. The molecule has 1 amide bonds. The Balaban J connectivity index is 1.35. The van der Waals surface area contributed by atoms with Crippen molar-refractivity contribution in [1.82, 2.24) is 9.62 Å². The van der Waals surface area contributed by atoms with E-state index in [2.05, 4.69) is 4.90 Å². The van der Waals surface area contributed by atoms with E-state index in [-0.39, 0.29) is 50.0 Å². The number of carbonyl (C=O) groups is 1. The highest BCUT2D eigenvalue weighted by atomic mass is 35.5. The summed E-state index contributed by atoms with van der Waals surface area (Å²) >= 11 is 6.05. The summed E-state index contributed by atoms with van der Waals surface area (Å²) in [7, 11) is -3.83. The molecule has 2 fully saturated rings. The van der Waals surface area contributed by atoms with Crippen LogP contribution in [0.3, 0.4) is 0 Å². The standard InChI is InChI=1S/C26H32ClF3N2O4S/c1-16(18-9-20(27)12-21(28)10-18)32-7-5-26(30,6-8-32)15-36-14-19-11-24(29)23(13-22(19)17-3-4-17)25(33)31-37(2,34)35/h9-11,13,16-17,21H,3-8,12,14-15H2,1-2H3,(H,31,33)/t16-,21?/m1/s1. The zero-order valence-corrected chi connectivity index (χ0v) is 22.5. The molecule has 1 unspecified atom stereocenters. The molecule has 1 aromatic rings. The number of alkyl halides is 2. The van der Waals surface area contributed by atoms with Gasteiger partial charge in [0.1, 0.15) is 17.7 Å². The Hall–Kier alpha value is -1.88. The van der Waals surface area contributed by atoms with E-state index in [9.17, 15) is 22.0 Å². The highest BCUT2D eigenvalue weighted by Gasteiger charge is 2.37. The molecule has 1 saturated carbocycles. The summed E-state index contributed by atoms with van der Waals surface area (Å²) in [6.07, 6.45) is 5.49. The van der Waals surface area contributed by atoms with Gasteiger partial charge < -0.3 is 4.74 Å². The first-order chi connectivity index (χ1) is 17.3. The third kappa shape index (κ3) is 7.37. The Labute approximate surface area is 220 Å². The van der Waals surface area contributed by atoms with Gasteiger partial charge in [-0.3, -0.25) is 9.69 Å². The van der Waals surface area contributed by atoms with Crippen molar-refractivity contribution in [3.8, 4) is 0 Å². The SMILES string of the molecule is C[C@H](C1=CC(F)CC(Cl)=C1)N1CCC(F)(COCc2cc(F)c(C(=O)NS(C)(=O)=O)cc2C2CC2)CC1. The lowest BCUT2D eigenvalue weighted by Gasteiger charge is -2.40. The van der Waals surface area contributed by atoms with Crippen LogP contribution >= 0.6 is 11.6 Å². The van der Waals surface area contributed by atoms with Gasteiger partial charge in [0.2, 0.25) is 10.0 Å². The molecular weight excluding hydrogens is 529 g/mol. The lowest BCUT2D eigenvalue weighted by Crippen LogP contribution is -2.48. The van der Waals surface area contributed by atoms with Gasteiger partial charge in [-0.25, -0.2) is 26.3 Å². The van der Waals surface area contributed by atoms with Crippen LogP contribution in [0.2, 0.25) is 0 Å². The maximum Gasteiger partial charge on any atom is 0.267 e. The topological polar surface area (TPSA) is 75.7 Å². The molecule has 2 atom stereocenters. The van der Waals surface area contributed by atoms with Crippen molar-refractivity contribution < 1.29 is 31.1 Å². The van der Waals surface area contributed by atoms with E-state index in [1.807, 2.05) is 6.92 Å². The number of benzene rings is 1. The number of nitrogens with one attached hydrogen (secondary N) is 1.